The van der Waals surface area contributed by atoms with Gasteiger partial charge in [0.25, 0.3) is 0 Å². The molecule has 2 aromatic rings. The maximum Gasteiger partial charge on any atom is 0.119 e. The van der Waals surface area contributed by atoms with Crippen molar-refractivity contribution in [3.05, 3.63) is 78.4 Å². The minimum absolute atomic E-state index is 0. The normalized spacial score (nSPS) is 10.8. The third-order valence-electron chi connectivity index (χ3n) is 4.09. The number of benzene rings is 2. The predicted molar refractivity (Wildman–Crippen MR) is 104 cm³/mol. The minimum atomic E-state index is 0. The molecule has 0 aliphatic carbocycles. The van der Waals surface area contributed by atoms with E-state index in [1.165, 1.54) is 11.1 Å². The molecule has 4 heteroatoms. The Hall–Kier alpha value is -1.81. The minimum Gasteiger partial charge on any atom is -1.00 e. The van der Waals surface area contributed by atoms with E-state index in [0.717, 1.165) is 36.3 Å². The van der Waals surface area contributed by atoms with Crippen LogP contribution in [0.1, 0.15) is 11.1 Å². The smallest absolute Gasteiger partial charge is 0.119 e. The average molecular weight is 376 g/mol. The first-order valence-electron chi connectivity index (χ1n) is 8.85. The van der Waals surface area contributed by atoms with Gasteiger partial charge in [0.2, 0.25) is 0 Å². The number of hydrogen-bond donors (Lipinski definition) is 0. The number of hydrogen-bond acceptors (Lipinski definition) is 2. The molecule has 0 radical (unpaired) electrons. The van der Waals surface area contributed by atoms with Crippen LogP contribution in [-0.2, 0) is 17.7 Å². The Morgan fingerprint density at radius 3 is 2.23 bits per heavy atom. The number of nitrogens with zero attached hydrogens (tertiary/aromatic N) is 1. The first-order valence-corrected chi connectivity index (χ1v) is 8.85. The lowest BCUT2D eigenvalue weighted by atomic mass is 10.1. The van der Waals surface area contributed by atoms with E-state index in [1.807, 2.05) is 18.2 Å². The Balaban J connectivity index is 0.00000338. The topological polar surface area (TPSA) is 18.5 Å². The van der Waals surface area contributed by atoms with Crippen molar-refractivity contribution < 1.29 is 26.4 Å². The van der Waals surface area contributed by atoms with Crippen LogP contribution in [0.15, 0.2) is 67.3 Å². The molecule has 0 N–H and O–H groups in total. The van der Waals surface area contributed by atoms with Gasteiger partial charge in [-0.05, 0) is 24.1 Å². The molecule has 3 nitrogen and oxygen atoms in total. The van der Waals surface area contributed by atoms with E-state index in [1.54, 1.807) is 0 Å². The summed E-state index contributed by atoms with van der Waals surface area (Å²) >= 11 is 0. The van der Waals surface area contributed by atoms with Gasteiger partial charge < -0.3 is 26.4 Å². The van der Waals surface area contributed by atoms with Gasteiger partial charge in [0.05, 0.1) is 27.3 Å². The summed E-state index contributed by atoms with van der Waals surface area (Å²) in [7, 11) is 4.47. The van der Waals surface area contributed by atoms with Crippen molar-refractivity contribution in [3.8, 4) is 5.75 Å². The maximum absolute atomic E-state index is 5.74. The third-order valence-corrected chi connectivity index (χ3v) is 4.09. The maximum atomic E-state index is 5.74. The standard InChI is InChI=1S/C22H30NO2.ClH/c1-4-8-20-11-13-22(14-12-20)25-18-17-24-16-15-23(2,3)19-21-9-6-5-7-10-21;/h4-7,9-14H,1,8,15-19H2,2-3H3;1H/q+1;/p-1. The molecular formula is C22H30ClNO2. The summed E-state index contributed by atoms with van der Waals surface area (Å²) < 4.78 is 12.4. The number of likely N-dealkylation sites (N-methyl/N-ethyl adjacent to an activating group) is 1. The highest BCUT2D eigenvalue weighted by Crippen LogP contribution is 2.13. The van der Waals surface area contributed by atoms with Crippen LogP contribution in [0.5, 0.6) is 5.75 Å². The lowest BCUT2D eigenvalue weighted by Gasteiger charge is -2.29. The number of ether oxygens (including phenoxy) is 2. The van der Waals surface area contributed by atoms with Gasteiger partial charge in [0.1, 0.15) is 25.4 Å². The largest absolute Gasteiger partial charge is 1.00 e. The summed E-state index contributed by atoms with van der Waals surface area (Å²) in [5.41, 5.74) is 2.60. The molecule has 0 aliphatic rings. The van der Waals surface area contributed by atoms with E-state index >= 15 is 0 Å². The summed E-state index contributed by atoms with van der Waals surface area (Å²) in [6.07, 6.45) is 2.79. The number of rotatable bonds is 11. The molecule has 0 fully saturated rings. The third kappa shape index (κ3) is 8.52. The fraction of sp³-hybridized carbons (Fsp3) is 0.364. The molecule has 0 atom stereocenters. The summed E-state index contributed by atoms with van der Waals surface area (Å²) in [5.74, 6) is 0.886. The molecule has 0 bridgehead atoms. The first-order chi connectivity index (χ1) is 12.1. The van der Waals surface area contributed by atoms with Crippen molar-refractivity contribution in [2.24, 2.45) is 0 Å². The second-order valence-corrected chi connectivity index (χ2v) is 6.90. The van der Waals surface area contributed by atoms with Crippen LogP contribution in [0.2, 0.25) is 0 Å². The Bertz CT molecular complexity index is 626. The molecule has 0 heterocycles. The van der Waals surface area contributed by atoms with Gasteiger partial charge in [-0.25, -0.2) is 0 Å². The highest BCUT2D eigenvalue weighted by molar-refractivity contribution is 5.28. The SMILES string of the molecule is C=CCc1ccc(OCCOCC[N+](C)(C)Cc2ccccc2)cc1.[Cl-]. The molecule has 26 heavy (non-hydrogen) atoms. The Kier molecular flexibility index (Phi) is 10.0. The van der Waals surface area contributed by atoms with Crippen LogP contribution in [0.25, 0.3) is 0 Å². The zero-order chi connectivity index (χ0) is 18.0. The monoisotopic (exact) mass is 375 g/mol. The van der Waals surface area contributed by atoms with Gasteiger partial charge in [-0.1, -0.05) is 48.5 Å². The van der Waals surface area contributed by atoms with Gasteiger partial charge in [0, 0.05) is 5.56 Å². The lowest BCUT2D eigenvalue weighted by molar-refractivity contribution is -0.904. The van der Waals surface area contributed by atoms with Crippen LogP contribution >= 0.6 is 0 Å². The van der Waals surface area contributed by atoms with E-state index < -0.39 is 0 Å². The lowest BCUT2D eigenvalue weighted by Crippen LogP contribution is -3.00. The fourth-order valence-electron chi connectivity index (χ4n) is 2.68. The average Bonchev–Trinajstić information content (AvgIpc) is 2.60. The molecule has 0 amide bonds. The summed E-state index contributed by atoms with van der Waals surface area (Å²) in [6, 6.07) is 18.7. The molecule has 0 saturated heterocycles. The van der Waals surface area contributed by atoms with E-state index in [9.17, 15) is 0 Å². The molecule has 0 saturated carbocycles. The summed E-state index contributed by atoms with van der Waals surface area (Å²) in [5, 5.41) is 0. The Labute approximate surface area is 164 Å². The summed E-state index contributed by atoms with van der Waals surface area (Å²) in [4.78, 5) is 0. The van der Waals surface area contributed by atoms with Gasteiger partial charge in [-0.2, -0.15) is 0 Å². The van der Waals surface area contributed by atoms with Crippen LogP contribution in [0.4, 0.5) is 0 Å². The molecule has 142 valence electrons. The van der Waals surface area contributed by atoms with Crippen molar-refractivity contribution in [3.63, 3.8) is 0 Å². The molecule has 0 aromatic heterocycles. The molecule has 0 spiro atoms. The van der Waals surface area contributed by atoms with E-state index in [0.29, 0.717) is 13.2 Å². The second-order valence-electron chi connectivity index (χ2n) is 6.90. The number of allylic oxidation sites excluding steroid dienone is 1. The van der Waals surface area contributed by atoms with Gasteiger partial charge >= 0.3 is 0 Å². The van der Waals surface area contributed by atoms with E-state index in [4.69, 9.17) is 9.47 Å². The van der Waals surface area contributed by atoms with Crippen molar-refractivity contribution in [2.45, 2.75) is 13.0 Å². The quantitative estimate of drug-likeness (QED) is 0.332. The first kappa shape index (κ1) is 22.2. The van der Waals surface area contributed by atoms with Crippen LogP contribution in [-0.4, -0.2) is 44.9 Å². The molecule has 0 aliphatic heterocycles. The van der Waals surface area contributed by atoms with Crippen molar-refractivity contribution >= 4 is 0 Å². The van der Waals surface area contributed by atoms with Gasteiger partial charge in [0.15, 0.2) is 0 Å². The Morgan fingerprint density at radius 1 is 0.885 bits per heavy atom. The highest BCUT2D eigenvalue weighted by Gasteiger charge is 2.15. The van der Waals surface area contributed by atoms with Gasteiger partial charge in [-0.15, -0.1) is 6.58 Å². The van der Waals surface area contributed by atoms with Crippen molar-refractivity contribution in [1.29, 1.82) is 0 Å². The molecule has 2 aromatic carbocycles. The van der Waals surface area contributed by atoms with Crippen molar-refractivity contribution in [1.82, 2.24) is 0 Å². The van der Waals surface area contributed by atoms with Crippen LogP contribution < -0.4 is 17.1 Å². The fourth-order valence-corrected chi connectivity index (χ4v) is 2.68. The van der Waals surface area contributed by atoms with Gasteiger partial charge in [-0.3, -0.25) is 0 Å². The highest BCUT2D eigenvalue weighted by atomic mass is 35.5. The molecular weight excluding hydrogens is 346 g/mol. The summed E-state index contributed by atoms with van der Waals surface area (Å²) in [6.45, 7) is 7.66. The second kappa shape index (κ2) is 11.7. The zero-order valence-corrected chi connectivity index (χ0v) is 16.6. The van der Waals surface area contributed by atoms with Crippen molar-refractivity contribution in [2.75, 3.05) is 40.5 Å². The predicted octanol–water partition coefficient (Wildman–Crippen LogP) is 1.09. The van der Waals surface area contributed by atoms with Crippen LogP contribution in [0.3, 0.4) is 0 Å². The number of quaternary nitrogens is 1. The van der Waals surface area contributed by atoms with E-state index in [-0.39, 0.29) is 12.4 Å². The van der Waals surface area contributed by atoms with Crippen LogP contribution in [0, 0.1) is 0 Å². The Morgan fingerprint density at radius 2 is 1.58 bits per heavy atom. The molecule has 0 unspecified atom stereocenters. The number of halogens is 1. The molecule has 2 rings (SSSR count). The zero-order valence-electron chi connectivity index (χ0n) is 15.9. The van der Waals surface area contributed by atoms with E-state index in [2.05, 4.69) is 63.1 Å².